The predicted molar refractivity (Wildman–Crippen MR) is 76.3 cm³/mol. The molecular formula is C18H28. The Morgan fingerprint density at radius 1 is 1.00 bits per heavy atom. The topological polar surface area (TPSA) is 0 Å². The lowest BCUT2D eigenvalue weighted by atomic mass is 9.52. The Hall–Kier alpha value is -0.260. The maximum absolute atomic E-state index is 2.62. The third kappa shape index (κ3) is 1.57. The first kappa shape index (κ1) is 11.6. The number of allylic oxidation sites excluding steroid dienone is 2. The van der Waals surface area contributed by atoms with Crippen LogP contribution in [0.15, 0.2) is 11.6 Å². The molecule has 100 valence electrons. The largest absolute Gasteiger partial charge is 0.0850 e. The summed E-state index contributed by atoms with van der Waals surface area (Å²) in [6, 6.07) is 0. The molecule has 5 atom stereocenters. The normalized spacial score (nSPS) is 51.1. The summed E-state index contributed by atoms with van der Waals surface area (Å²) in [5.74, 6) is 4.30. The van der Waals surface area contributed by atoms with Gasteiger partial charge in [-0.2, -0.15) is 0 Å². The fraction of sp³-hybridized carbons (Fsp3) is 0.889. The minimum atomic E-state index is 0.747. The molecule has 18 heavy (non-hydrogen) atoms. The Labute approximate surface area is 112 Å². The third-order valence-corrected chi connectivity index (χ3v) is 7.16. The first-order chi connectivity index (χ1) is 8.78. The quantitative estimate of drug-likeness (QED) is 0.505. The van der Waals surface area contributed by atoms with Crippen molar-refractivity contribution in [2.45, 2.75) is 71.1 Å². The summed E-state index contributed by atoms with van der Waals surface area (Å²) < 4.78 is 0. The van der Waals surface area contributed by atoms with Gasteiger partial charge in [0.25, 0.3) is 0 Å². The van der Waals surface area contributed by atoms with E-state index >= 15 is 0 Å². The molecule has 3 fully saturated rings. The predicted octanol–water partition coefficient (Wildman–Crippen LogP) is 5.34. The average Bonchev–Trinajstić information content (AvgIpc) is 2.80. The molecule has 3 saturated carbocycles. The third-order valence-electron chi connectivity index (χ3n) is 7.16. The highest BCUT2D eigenvalue weighted by molar-refractivity contribution is 5.17. The van der Waals surface area contributed by atoms with Gasteiger partial charge < -0.3 is 0 Å². The number of hydrogen-bond acceptors (Lipinski definition) is 0. The van der Waals surface area contributed by atoms with Crippen LogP contribution >= 0.6 is 0 Å². The van der Waals surface area contributed by atoms with Crippen molar-refractivity contribution in [3.63, 3.8) is 0 Å². The first-order valence-corrected chi connectivity index (χ1v) is 8.47. The Morgan fingerprint density at radius 2 is 1.94 bits per heavy atom. The van der Waals surface area contributed by atoms with E-state index in [0.717, 1.165) is 29.1 Å². The summed E-state index contributed by atoms with van der Waals surface area (Å²) in [6.45, 7) is 2.62. The van der Waals surface area contributed by atoms with Gasteiger partial charge in [-0.3, -0.25) is 0 Å². The van der Waals surface area contributed by atoms with Crippen molar-refractivity contribution >= 4 is 0 Å². The van der Waals surface area contributed by atoms with Gasteiger partial charge in [-0.1, -0.05) is 25.0 Å². The van der Waals surface area contributed by atoms with Gasteiger partial charge in [0.15, 0.2) is 0 Å². The fourth-order valence-electron chi connectivity index (χ4n) is 6.30. The van der Waals surface area contributed by atoms with E-state index in [4.69, 9.17) is 0 Å². The second kappa shape index (κ2) is 4.12. The van der Waals surface area contributed by atoms with Crippen molar-refractivity contribution in [3.8, 4) is 0 Å². The molecule has 0 radical (unpaired) electrons. The van der Waals surface area contributed by atoms with Gasteiger partial charge >= 0.3 is 0 Å². The standard InChI is InChI=1S/C18H28/c1-18-11-4-7-17(18)16-9-8-13-5-2-3-6-14(13)15(16)10-12-18/h5,14-17H,2-4,6-12H2,1H3/t14-,15+,16+,17-,18?/m0/s1. The smallest absolute Gasteiger partial charge is 0.0172 e. The van der Waals surface area contributed by atoms with E-state index in [1.165, 1.54) is 44.9 Å². The lowest BCUT2D eigenvalue weighted by molar-refractivity contribution is -0.00114. The van der Waals surface area contributed by atoms with Crippen LogP contribution in [-0.4, -0.2) is 0 Å². The molecule has 0 aromatic carbocycles. The summed E-state index contributed by atoms with van der Waals surface area (Å²) in [4.78, 5) is 0. The lowest BCUT2D eigenvalue weighted by Crippen LogP contribution is -2.44. The first-order valence-electron chi connectivity index (χ1n) is 8.47. The Bertz CT molecular complexity index is 366. The number of rotatable bonds is 0. The van der Waals surface area contributed by atoms with Gasteiger partial charge in [0, 0.05) is 0 Å². The molecule has 0 N–H and O–H groups in total. The van der Waals surface area contributed by atoms with Gasteiger partial charge in [-0.25, -0.2) is 0 Å². The van der Waals surface area contributed by atoms with Crippen LogP contribution in [0.5, 0.6) is 0 Å². The maximum Gasteiger partial charge on any atom is -0.0172 e. The highest BCUT2D eigenvalue weighted by Crippen LogP contribution is 2.61. The highest BCUT2D eigenvalue weighted by atomic mass is 14.6. The monoisotopic (exact) mass is 244 g/mol. The molecule has 4 rings (SSSR count). The Morgan fingerprint density at radius 3 is 2.89 bits per heavy atom. The van der Waals surface area contributed by atoms with Gasteiger partial charge in [-0.15, -0.1) is 0 Å². The molecule has 0 bridgehead atoms. The van der Waals surface area contributed by atoms with Crippen LogP contribution in [0.25, 0.3) is 0 Å². The zero-order chi connectivity index (χ0) is 12.2. The van der Waals surface area contributed by atoms with Crippen LogP contribution in [0, 0.1) is 29.1 Å². The van der Waals surface area contributed by atoms with E-state index in [2.05, 4.69) is 13.0 Å². The van der Waals surface area contributed by atoms with Crippen molar-refractivity contribution in [3.05, 3.63) is 11.6 Å². The Balaban J connectivity index is 1.63. The SMILES string of the molecule is CC12CCC[C@H]1[C@@H]1CCC3=CCCC[C@@H]3[C@H]1CC2. The second-order valence-electron chi connectivity index (χ2n) is 7.87. The average molecular weight is 244 g/mol. The van der Waals surface area contributed by atoms with Crippen molar-refractivity contribution < 1.29 is 0 Å². The van der Waals surface area contributed by atoms with Crippen LogP contribution in [0.4, 0.5) is 0 Å². The van der Waals surface area contributed by atoms with E-state index in [1.807, 2.05) is 5.57 Å². The summed E-state index contributed by atoms with van der Waals surface area (Å²) >= 11 is 0. The minimum Gasteiger partial charge on any atom is -0.0850 e. The van der Waals surface area contributed by atoms with E-state index in [-0.39, 0.29) is 0 Å². The zero-order valence-corrected chi connectivity index (χ0v) is 12.0. The van der Waals surface area contributed by atoms with Crippen LogP contribution in [0.1, 0.15) is 71.1 Å². The van der Waals surface area contributed by atoms with Gasteiger partial charge in [-0.05, 0) is 86.9 Å². The molecule has 0 aromatic rings. The molecule has 0 spiro atoms. The fourth-order valence-corrected chi connectivity index (χ4v) is 6.30. The van der Waals surface area contributed by atoms with Gasteiger partial charge in [0.1, 0.15) is 0 Å². The number of fused-ring (bicyclic) bond motifs is 5. The molecule has 4 aliphatic rings. The second-order valence-corrected chi connectivity index (χ2v) is 7.87. The summed E-state index contributed by atoms with van der Waals surface area (Å²) in [5, 5.41) is 0. The van der Waals surface area contributed by atoms with E-state index in [1.54, 1.807) is 19.3 Å². The molecule has 0 aromatic heterocycles. The van der Waals surface area contributed by atoms with E-state index in [9.17, 15) is 0 Å². The van der Waals surface area contributed by atoms with Crippen LogP contribution in [-0.2, 0) is 0 Å². The summed E-state index contributed by atoms with van der Waals surface area (Å²) in [6.07, 6.45) is 17.7. The molecule has 0 heteroatoms. The van der Waals surface area contributed by atoms with Gasteiger partial charge in [0.05, 0.1) is 0 Å². The highest BCUT2D eigenvalue weighted by Gasteiger charge is 2.51. The minimum absolute atomic E-state index is 0.747. The van der Waals surface area contributed by atoms with Crippen molar-refractivity contribution in [1.82, 2.24) is 0 Å². The molecule has 0 nitrogen and oxygen atoms in total. The molecule has 0 saturated heterocycles. The van der Waals surface area contributed by atoms with E-state index in [0.29, 0.717) is 0 Å². The van der Waals surface area contributed by atoms with Crippen molar-refractivity contribution in [2.24, 2.45) is 29.1 Å². The Kier molecular flexibility index (Phi) is 2.64. The van der Waals surface area contributed by atoms with Crippen molar-refractivity contribution in [1.29, 1.82) is 0 Å². The van der Waals surface area contributed by atoms with E-state index < -0.39 is 0 Å². The molecule has 0 aliphatic heterocycles. The molecule has 0 amide bonds. The lowest BCUT2D eigenvalue weighted by Gasteiger charge is -2.53. The maximum atomic E-state index is 2.62. The van der Waals surface area contributed by atoms with Crippen LogP contribution < -0.4 is 0 Å². The molecular weight excluding hydrogens is 216 g/mol. The number of hydrogen-bond donors (Lipinski definition) is 0. The molecule has 4 aliphatic carbocycles. The summed E-state index contributed by atoms with van der Waals surface area (Å²) in [5.41, 5.74) is 2.63. The zero-order valence-electron chi connectivity index (χ0n) is 12.0. The molecule has 1 unspecified atom stereocenters. The van der Waals surface area contributed by atoms with Crippen LogP contribution in [0.3, 0.4) is 0 Å². The van der Waals surface area contributed by atoms with Crippen LogP contribution in [0.2, 0.25) is 0 Å². The molecule has 0 heterocycles. The van der Waals surface area contributed by atoms with Crippen molar-refractivity contribution in [2.75, 3.05) is 0 Å². The van der Waals surface area contributed by atoms with Gasteiger partial charge in [0.2, 0.25) is 0 Å². The summed E-state index contributed by atoms with van der Waals surface area (Å²) in [7, 11) is 0.